The largest absolute Gasteiger partial charge is 0.508 e. The van der Waals surface area contributed by atoms with E-state index >= 15 is 0 Å². The normalized spacial score (nSPS) is 11.2. The molecule has 0 radical (unpaired) electrons. The van der Waals surface area contributed by atoms with Gasteiger partial charge < -0.3 is 9.84 Å². The van der Waals surface area contributed by atoms with Gasteiger partial charge in [-0.15, -0.1) is 0 Å². The Balaban J connectivity index is 1.97. The third-order valence-electron chi connectivity index (χ3n) is 3.71. The predicted molar refractivity (Wildman–Crippen MR) is 89.0 cm³/mol. The van der Waals surface area contributed by atoms with Crippen molar-refractivity contribution in [2.24, 2.45) is 12.5 Å². The molecule has 1 N–H and O–H groups in total. The molecule has 2 aromatic rings. The van der Waals surface area contributed by atoms with Gasteiger partial charge in [0.05, 0.1) is 23.8 Å². The monoisotopic (exact) mass is 313 g/mol. The van der Waals surface area contributed by atoms with Crippen molar-refractivity contribution in [1.29, 1.82) is 5.26 Å². The van der Waals surface area contributed by atoms with Gasteiger partial charge in [-0.1, -0.05) is 0 Å². The SMILES string of the molecule is Cn1ccc(-c2ccc(O)cc2OCCCCC(C)(C)C#N)n1. The molecule has 0 fully saturated rings. The van der Waals surface area contributed by atoms with Crippen molar-refractivity contribution in [1.82, 2.24) is 9.78 Å². The number of aromatic nitrogens is 2. The highest BCUT2D eigenvalue weighted by Crippen LogP contribution is 2.32. The second-order valence-corrected chi connectivity index (χ2v) is 6.36. The van der Waals surface area contributed by atoms with Crippen LogP contribution in [-0.4, -0.2) is 21.5 Å². The molecule has 0 atom stereocenters. The van der Waals surface area contributed by atoms with Crippen LogP contribution in [0.5, 0.6) is 11.5 Å². The van der Waals surface area contributed by atoms with Crippen molar-refractivity contribution in [3.05, 3.63) is 30.5 Å². The number of aryl methyl sites for hydroxylation is 1. The standard InChI is InChI=1S/C18H23N3O2/c1-18(2,13-19)9-4-5-11-23-17-12-14(22)6-7-15(17)16-8-10-21(3)20-16/h6-8,10,12,22H,4-5,9,11H2,1-3H3. The second kappa shape index (κ2) is 7.19. The van der Waals surface area contributed by atoms with Crippen molar-refractivity contribution in [2.45, 2.75) is 33.1 Å². The number of nitriles is 1. The Morgan fingerprint density at radius 2 is 2.09 bits per heavy atom. The number of rotatable bonds is 7. The smallest absolute Gasteiger partial charge is 0.132 e. The molecular weight excluding hydrogens is 290 g/mol. The van der Waals surface area contributed by atoms with E-state index in [2.05, 4.69) is 11.2 Å². The first-order chi connectivity index (χ1) is 10.9. The maximum Gasteiger partial charge on any atom is 0.132 e. The molecule has 0 amide bonds. The van der Waals surface area contributed by atoms with Gasteiger partial charge in [0.1, 0.15) is 11.5 Å². The Morgan fingerprint density at radius 1 is 1.30 bits per heavy atom. The lowest BCUT2D eigenvalue weighted by Gasteiger charge is -2.15. The fourth-order valence-corrected chi connectivity index (χ4v) is 2.31. The number of ether oxygens (including phenoxy) is 1. The first kappa shape index (κ1) is 16.9. The molecule has 0 aliphatic rings. The van der Waals surface area contributed by atoms with Crippen molar-refractivity contribution < 1.29 is 9.84 Å². The molecule has 0 saturated heterocycles. The predicted octanol–water partition coefficient (Wildman–Crippen LogP) is 3.89. The molecule has 0 bridgehead atoms. The van der Waals surface area contributed by atoms with Crippen molar-refractivity contribution in [2.75, 3.05) is 6.61 Å². The molecule has 0 aliphatic carbocycles. The molecule has 0 unspecified atom stereocenters. The lowest BCUT2D eigenvalue weighted by molar-refractivity contribution is 0.294. The van der Waals surface area contributed by atoms with Crippen LogP contribution in [0.3, 0.4) is 0 Å². The summed E-state index contributed by atoms with van der Waals surface area (Å²) < 4.78 is 7.57. The number of aromatic hydroxyl groups is 1. The number of phenolic OH excluding ortho intramolecular Hbond substituents is 1. The van der Waals surface area contributed by atoms with Crippen LogP contribution >= 0.6 is 0 Å². The summed E-state index contributed by atoms with van der Waals surface area (Å²) in [4.78, 5) is 0. The van der Waals surface area contributed by atoms with Crippen molar-refractivity contribution in [3.8, 4) is 28.8 Å². The third-order valence-corrected chi connectivity index (χ3v) is 3.71. The molecule has 5 nitrogen and oxygen atoms in total. The minimum atomic E-state index is -0.288. The van der Waals surface area contributed by atoms with Gasteiger partial charge in [-0.3, -0.25) is 4.68 Å². The molecule has 1 aromatic heterocycles. The molecule has 122 valence electrons. The highest BCUT2D eigenvalue weighted by molar-refractivity contribution is 5.68. The first-order valence-corrected chi connectivity index (χ1v) is 7.78. The van der Waals surface area contributed by atoms with Gasteiger partial charge in [-0.25, -0.2) is 0 Å². The summed E-state index contributed by atoms with van der Waals surface area (Å²) in [5.74, 6) is 0.800. The van der Waals surface area contributed by atoms with E-state index in [1.165, 1.54) is 0 Å². The third kappa shape index (κ3) is 4.75. The van der Waals surface area contributed by atoms with Crippen molar-refractivity contribution >= 4 is 0 Å². The van der Waals surface area contributed by atoms with E-state index in [1.807, 2.05) is 39.2 Å². The van der Waals surface area contributed by atoms with Crippen LogP contribution in [-0.2, 0) is 7.05 Å². The van der Waals surface area contributed by atoms with E-state index in [9.17, 15) is 5.11 Å². The Labute approximate surface area is 137 Å². The van der Waals surface area contributed by atoms with E-state index in [1.54, 1.807) is 16.8 Å². The first-order valence-electron chi connectivity index (χ1n) is 7.78. The van der Waals surface area contributed by atoms with E-state index in [0.29, 0.717) is 12.4 Å². The summed E-state index contributed by atoms with van der Waals surface area (Å²) in [6.07, 6.45) is 4.51. The number of benzene rings is 1. The molecule has 1 heterocycles. The summed E-state index contributed by atoms with van der Waals surface area (Å²) in [5, 5.41) is 23.1. The molecule has 1 aromatic carbocycles. The minimum Gasteiger partial charge on any atom is -0.508 e. The van der Waals surface area contributed by atoms with Crippen molar-refractivity contribution in [3.63, 3.8) is 0 Å². The summed E-state index contributed by atoms with van der Waals surface area (Å²) in [6.45, 7) is 4.44. The second-order valence-electron chi connectivity index (χ2n) is 6.36. The highest BCUT2D eigenvalue weighted by Gasteiger charge is 2.15. The summed E-state index contributed by atoms with van der Waals surface area (Å²) in [7, 11) is 1.86. The number of nitrogens with zero attached hydrogens (tertiary/aromatic N) is 3. The Morgan fingerprint density at radius 3 is 2.74 bits per heavy atom. The van der Waals surface area contributed by atoms with Crippen LogP contribution < -0.4 is 4.74 Å². The van der Waals surface area contributed by atoms with Gasteiger partial charge in [0.25, 0.3) is 0 Å². The van der Waals surface area contributed by atoms with Crippen LogP contribution in [0.15, 0.2) is 30.5 Å². The maximum absolute atomic E-state index is 9.69. The Kier molecular flexibility index (Phi) is 5.28. The molecule has 0 aliphatic heterocycles. The zero-order valence-corrected chi connectivity index (χ0v) is 13.9. The lowest BCUT2D eigenvalue weighted by Crippen LogP contribution is -2.08. The highest BCUT2D eigenvalue weighted by atomic mass is 16.5. The van der Waals surface area contributed by atoms with Crippen LogP contribution in [0.1, 0.15) is 33.1 Å². The van der Waals surface area contributed by atoms with Crippen LogP contribution in [0.4, 0.5) is 0 Å². The van der Waals surface area contributed by atoms with Crippen LogP contribution in [0.25, 0.3) is 11.3 Å². The van der Waals surface area contributed by atoms with E-state index in [-0.39, 0.29) is 11.2 Å². The summed E-state index contributed by atoms with van der Waals surface area (Å²) >= 11 is 0. The fourth-order valence-electron chi connectivity index (χ4n) is 2.31. The molecule has 0 spiro atoms. The molecule has 23 heavy (non-hydrogen) atoms. The van der Waals surface area contributed by atoms with Gasteiger partial charge in [0.15, 0.2) is 0 Å². The Bertz CT molecular complexity index is 699. The quantitative estimate of drug-likeness (QED) is 0.787. The number of hydrogen-bond donors (Lipinski definition) is 1. The fraction of sp³-hybridized carbons (Fsp3) is 0.444. The van der Waals surface area contributed by atoms with Gasteiger partial charge in [0, 0.05) is 24.9 Å². The maximum atomic E-state index is 9.69. The molecule has 2 rings (SSSR count). The minimum absolute atomic E-state index is 0.172. The molecule has 0 saturated carbocycles. The average molecular weight is 313 g/mol. The zero-order valence-electron chi connectivity index (χ0n) is 13.9. The molecule has 5 heteroatoms. The number of hydrogen-bond acceptors (Lipinski definition) is 4. The summed E-state index contributed by atoms with van der Waals surface area (Å²) in [6, 6.07) is 9.27. The average Bonchev–Trinajstić information content (AvgIpc) is 2.93. The van der Waals surface area contributed by atoms with Gasteiger partial charge in [-0.2, -0.15) is 10.4 Å². The summed E-state index contributed by atoms with van der Waals surface area (Å²) in [5.41, 5.74) is 1.39. The van der Waals surface area contributed by atoms with Gasteiger partial charge in [-0.05, 0) is 51.3 Å². The van der Waals surface area contributed by atoms with E-state index in [4.69, 9.17) is 10.00 Å². The van der Waals surface area contributed by atoms with E-state index < -0.39 is 0 Å². The number of phenols is 1. The Hall–Kier alpha value is -2.48. The lowest BCUT2D eigenvalue weighted by atomic mass is 9.89. The van der Waals surface area contributed by atoms with Crippen LogP contribution in [0.2, 0.25) is 0 Å². The van der Waals surface area contributed by atoms with Crippen LogP contribution in [0, 0.1) is 16.7 Å². The van der Waals surface area contributed by atoms with E-state index in [0.717, 1.165) is 30.5 Å². The molecular formula is C18H23N3O2. The van der Waals surface area contributed by atoms with Gasteiger partial charge >= 0.3 is 0 Å². The zero-order chi connectivity index (χ0) is 16.9. The van der Waals surface area contributed by atoms with Gasteiger partial charge in [0.2, 0.25) is 0 Å². The topological polar surface area (TPSA) is 71.1 Å². The number of unbranched alkanes of at least 4 members (excludes halogenated alkanes) is 1.